The van der Waals surface area contributed by atoms with E-state index in [0.717, 1.165) is 0 Å². The van der Waals surface area contributed by atoms with Crippen LogP contribution in [0.3, 0.4) is 0 Å². The molecule has 100 valence electrons. The normalized spacial score (nSPS) is 22.2. The molecule has 3 nitrogen and oxygen atoms in total. The molecule has 0 unspecified atom stereocenters. The Morgan fingerprint density at radius 3 is 2.42 bits per heavy atom. The highest BCUT2D eigenvalue weighted by Gasteiger charge is 2.35. The Balaban J connectivity index is 2.32. The number of carbonyl (C=O) groups excluding carboxylic acids is 1. The summed E-state index contributed by atoms with van der Waals surface area (Å²) < 4.78 is 14.3. The molecule has 0 fully saturated rings. The number of carboxylic acid groups (broad SMARTS) is 1. The molecule has 0 heterocycles. The largest absolute Gasteiger partial charge is 0.481 e. The maximum atomic E-state index is 13.8. The van der Waals surface area contributed by atoms with Crippen LogP contribution in [0.25, 0.3) is 0 Å². The second kappa shape index (κ2) is 5.65. The van der Waals surface area contributed by atoms with Gasteiger partial charge in [-0.05, 0) is 31.0 Å². The molecule has 0 spiro atoms. The van der Waals surface area contributed by atoms with E-state index in [0.29, 0.717) is 17.3 Å². The van der Waals surface area contributed by atoms with E-state index in [1.54, 1.807) is 18.2 Å². The third-order valence-electron chi connectivity index (χ3n) is 3.28. The molecule has 1 N–H and O–H groups in total. The van der Waals surface area contributed by atoms with Gasteiger partial charge in [0.05, 0.1) is 11.5 Å². The van der Waals surface area contributed by atoms with Crippen molar-refractivity contribution in [3.8, 4) is 0 Å². The molecular formula is C14H12BrFO3. The third kappa shape index (κ3) is 2.92. The summed E-state index contributed by atoms with van der Waals surface area (Å²) in [6.07, 6.45) is 4.18. The summed E-state index contributed by atoms with van der Waals surface area (Å²) in [5, 5.41) is 9.13. The number of halogens is 2. The van der Waals surface area contributed by atoms with Crippen molar-refractivity contribution in [2.75, 3.05) is 0 Å². The van der Waals surface area contributed by atoms with Gasteiger partial charge in [0.2, 0.25) is 0 Å². The predicted molar refractivity (Wildman–Crippen MR) is 71.4 cm³/mol. The first-order valence-corrected chi connectivity index (χ1v) is 6.67. The second-order valence-corrected chi connectivity index (χ2v) is 5.40. The van der Waals surface area contributed by atoms with Gasteiger partial charge in [-0.3, -0.25) is 9.59 Å². The van der Waals surface area contributed by atoms with Crippen LogP contribution >= 0.6 is 15.9 Å². The molecule has 0 aliphatic heterocycles. The number of Topliss-reactive ketones (excluding diaryl/α,β-unsaturated/α-hetero) is 1. The van der Waals surface area contributed by atoms with E-state index in [-0.39, 0.29) is 5.56 Å². The molecular weight excluding hydrogens is 315 g/mol. The monoisotopic (exact) mass is 326 g/mol. The lowest BCUT2D eigenvalue weighted by molar-refractivity contribution is -0.143. The third-order valence-corrected chi connectivity index (χ3v) is 3.78. The Kier molecular flexibility index (Phi) is 4.14. The van der Waals surface area contributed by atoms with Crippen LogP contribution < -0.4 is 0 Å². The molecule has 0 bridgehead atoms. The summed E-state index contributed by atoms with van der Waals surface area (Å²) in [7, 11) is 0. The highest BCUT2D eigenvalue weighted by Crippen LogP contribution is 2.30. The molecule has 2 atom stereocenters. The molecule has 0 radical (unpaired) electrons. The number of carbonyl (C=O) groups is 2. The van der Waals surface area contributed by atoms with Crippen molar-refractivity contribution in [3.63, 3.8) is 0 Å². The summed E-state index contributed by atoms with van der Waals surface area (Å²) in [5.41, 5.74) is -0.0465. The van der Waals surface area contributed by atoms with E-state index < -0.39 is 29.4 Å². The number of allylic oxidation sites excluding steroid dienone is 2. The molecule has 19 heavy (non-hydrogen) atoms. The molecule has 5 heteroatoms. The van der Waals surface area contributed by atoms with Crippen molar-refractivity contribution in [1.29, 1.82) is 0 Å². The van der Waals surface area contributed by atoms with Gasteiger partial charge in [0, 0.05) is 10.4 Å². The molecule has 0 amide bonds. The van der Waals surface area contributed by atoms with Crippen LogP contribution in [0.5, 0.6) is 0 Å². The Morgan fingerprint density at radius 2 is 1.84 bits per heavy atom. The van der Waals surface area contributed by atoms with Gasteiger partial charge in [-0.15, -0.1) is 0 Å². The van der Waals surface area contributed by atoms with Crippen molar-refractivity contribution >= 4 is 27.7 Å². The lowest BCUT2D eigenvalue weighted by Gasteiger charge is -2.24. The fourth-order valence-corrected chi connectivity index (χ4v) is 2.60. The summed E-state index contributed by atoms with van der Waals surface area (Å²) >= 11 is 3.12. The lowest BCUT2D eigenvalue weighted by atomic mass is 9.78. The summed E-state index contributed by atoms with van der Waals surface area (Å²) in [6, 6.07) is 4.17. The van der Waals surface area contributed by atoms with Gasteiger partial charge < -0.3 is 5.11 Å². The Hall–Kier alpha value is -1.49. The smallest absolute Gasteiger partial charge is 0.307 e. The van der Waals surface area contributed by atoms with Crippen LogP contribution in [0.2, 0.25) is 0 Å². The zero-order valence-electron chi connectivity index (χ0n) is 9.98. The van der Waals surface area contributed by atoms with E-state index in [2.05, 4.69) is 15.9 Å². The zero-order valence-corrected chi connectivity index (χ0v) is 11.6. The quantitative estimate of drug-likeness (QED) is 0.683. The minimum Gasteiger partial charge on any atom is -0.481 e. The average molecular weight is 327 g/mol. The van der Waals surface area contributed by atoms with Crippen molar-refractivity contribution in [1.82, 2.24) is 0 Å². The summed E-state index contributed by atoms with van der Waals surface area (Å²) in [4.78, 5) is 23.4. The van der Waals surface area contributed by atoms with E-state index in [9.17, 15) is 14.0 Å². The van der Waals surface area contributed by atoms with E-state index in [1.165, 1.54) is 12.1 Å². The first-order chi connectivity index (χ1) is 9.00. The number of hydrogen-bond donors (Lipinski definition) is 1. The fourth-order valence-electron chi connectivity index (χ4n) is 2.27. The molecule has 1 aromatic rings. The number of benzene rings is 1. The van der Waals surface area contributed by atoms with Crippen LogP contribution in [0.4, 0.5) is 4.39 Å². The number of hydrogen-bond acceptors (Lipinski definition) is 2. The van der Waals surface area contributed by atoms with Gasteiger partial charge in [0.1, 0.15) is 5.82 Å². The molecule has 1 aromatic carbocycles. The van der Waals surface area contributed by atoms with E-state index >= 15 is 0 Å². The van der Waals surface area contributed by atoms with Gasteiger partial charge in [-0.2, -0.15) is 0 Å². The number of carboxylic acids is 1. The van der Waals surface area contributed by atoms with Gasteiger partial charge in [0.15, 0.2) is 5.78 Å². The molecule has 0 saturated carbocycles. The summed E-state index contributed by atoms with van der Waals surface area (Å²) in [6.45, 7) is 0. The van der Waals surface area contributed by atoms with Crippen LogP contribution in [0.1, 0.15) is 23.2 Å². The van der Waals surface area contributed by atoms with Crippen LogP contribution in [0.15, 0.2) is 34.8 Å². The maximum Gasteiger partial charge on any atom is 0.307 e. The highest BCUT2D eigenvalue weighted by atomic mass is 79.9. The fraction of sp³-hybridized carbons (Fsp3) is 0.286. The Bertz CT molecular complexity index is 554. The Labute approximate surface area is 118 Å². The van der Waals surface area contributed by atoms with Crippen LogP contribution in [-0.4, -0.2) is 16.9 Å². The standard InChI is InChI=1S/C14H12BrFO3/c15-8-5-6-11(12(16)7-8)13(17)9-3-1-2-4-10(9)14(18)19/h1-2,5-7,9-10H,3-4H2,(H,18,19)/t9-,10-/m0/s1. The van der Waals surface area contributed by atoms with Crippen molar-refractivity contribution in [3.05, 3.63) is 46.2 Å². The first-order valence-electron chi connectivity index (χ1n) is 5.87. The number of ketones is 1. The topological polar surface area (TPSA) is 54.4 Å². The van der Waals surface area contributed by atoms with Gasteiger partial charge in [0.25, 0.3) is 0 Å². The minimum absolute atomic E-state index is 0.0465. The predicted octanol–water partition coefficient (Wildman–Crippen LogP) is 3.44. The first kappa shape index (κ1) is 13.9. The van der Waals surface area contributed by atoms with Crippen molar-refractivity contribution in [2.45, 2.75) is 12.8 Å². The van der Waals surface area contributed by atoms with Crippen molar-refractivity contribution in [2.24, 2.45) is 11.8 Å². The molecule has 0 saturated heterocycles. The number of aliphatic carboxylic acids is 1. The van der Waals surface area contributed by atoms with Gasteiger partial charge >= 0.3 is 5.97 Å². The zero-order chi connectivity index (χ0) is 14.0. The molecule has 0 aromatic heterocycles. The summed E-state index contributed by atoms with van der Waals surface area (Å²) in [5.74, 6) is -3.56. The molecule has 1 aliphatic carbocycles. The van der Waals surface area contributed by atoms with Crippen LogP contribution in [-0.2, 0) is 4.79 Å². The van der Waals surface area contributed by atoms with E-state index in [4.69, 9.17) is 5.11 Å². The highest BCUT2D eigenvalue weighted by molar-refractivity contribution is 9.10. The average Bonchev–Trinajstić information content (AvgIpc) is 2.38. The maximum absolute atomic E-state index is 13.8. The van der Waals surface area contributed by atoms with Crippen molar-refractivity contribution < 1.29 is 19.1 Å². The van der Waals surface area contributed by atoms with Gasteiger partial charge in [-0.1, -0.05) is 28.1 Å². The minimum atomic E-state index is -1.01. The van der Waals surface area contributed by atoms with Gasteiger partial charge in [-0.25, -0.2) is 4.39 Å². The number of rotatable bonds is 3. The van der Waals surface area contributed by atoms with E-state index in [1.807, 2.05) is 0 Å². The van der Waals surface area contributed by atoms with Crippen LogP contribution in [0, 0.1) is 17.7 Å². The molecule has 1 aliphatic rings. The second-order valence-electron chi connectivity index (χ2n) is 4.48. The SMILES string of the molecule is O=C(O)[C@H]1CC=CC[C@@H]1C(=O)c1ccc(Br)cc1F. The lowest BCUT2D eigenvalue weighted by Crippen LogP contribution is -2.31. The molecule has 2 rings (SSSR count). The Morgan fingerprint density at radius 1 is 1.21 bits per heavy atom.